The molecule has 1 aromatic heterocycles. The summed E-state index contributed by atoms with van der Waals surface area (Å²) in [6.45, 7) is 4.33. The van der Waals surface area contributed by atoms with E-state index in [1.807, 2.05) is 6.20 Å². The van der Waals surface area contributed by atoms with Crippen LogP contribution in [0.2, 0.25) is 0 Å². The molecule has 0 amide bonds. The lowest BCUT2D eigenvalue weighted by Gasteiger charge is -2.36. The number of nitrogens with zero attached hydrogens (tertiary/aromatic N) is 2. The van der Waals surface area contributed by atoms with E-state index in [0.29, 0.717) is 18.8 Å². The third-order valence-electron chi connectivity index (χ3n) is 7.48. The second-order valence-electron chi connectivity index (χ2n) is 10.1. The lowest BCUT2D eigenvalue weighted by Crippen LogP contribution is -2.28. The minimum absolute atomic E-state index is 0.412. The summed E-state index contributed by atoms with van der Waals surface area (Å²) < 4.78 is 14.4. The van der Waals surface area contributed by atoms with E-state index in [1.165, 1.54) is 36.8 Å². The molecule has 1 saturated carbocycles. The summed E-state index contributed by atoms with van der Waals surface area (Å²) >= 11 is 0. The maximum Gasteiger partial charge on any atom is 0.102 e. The molecule has 3 rings (SSSR count). The highest BCUT2D eigenvalue weighted by molar-refractivity contribution is 5.59. The molecule has 3 heteroatoms. The fourth-order valence-corrected chi connectivity index (χ4v) is 5.24. The number of alkyl halides is 1. The Hall–Kier alpha value is -2.21. The van der Waals surface area contributed by atoms with E-state index in [9.17, 15) is 9.65 Å². The molecule has 0 saturated heterocycles. The van der Waals surface area contributed by atoms with E-state index in [1.54, 1.807) is 0 Å². The maximum atomic E-state index is 14.4. The summed E-state index contributed by atoms with van der Waals surface area (Å²) in [5, 5.41) is 9.80. The van der Waals surface area contributed by atoms with Gasteiger partial charge in [0.2, 0.25) is 0 Å². The molecule has 1 heterocycles. The van der Waals surface area contributed by atoms with Crippen LogP contribution in [0, 0.1) is 16.7 Å². The summed E-state index contributed by atoms with van der Waals surface area (Å²) in [5.41, 5.74) is 4.36. The van der Waals surface area contributed by atoms with Crippen LogP contribution >= 0.6 is 0 Å². The van der Waals surface area contributed by atoms with E-state index >= 15 is 0 Å². The summed E-state index contributed by atoms with van der Waals surface area (Å²) in [6.07, 6.45) is 13.9. The molecule has 33 heavy (non-hydrogen) atoms. The average molecular weight is 449 g/mol. The topological polar surface area (TPSA) is 36.7 Å². The highest BCUT2D eigenvalue weighted by Crippen LogP contribution is 2.46. The first kappa shape index (κ1) is 25.4. The number of pyridine rings is 1. The third kappa shape index (κ3) is 7.39. The van der Waals surface area contributed by atoms with Crippen molar-refractivity contribution >= 4 is 0 Å². The summed E-state index contributed by atoms with van der Waals surface area (Å²) in [6, 6.07) is 15.6. The van der Waals surface area contributed by atoms with Crippen molar-refractivity contribution in [2.24, 2.45) is 5.41 Å². The number of hydrogen-bond donors (Lipinski definition) is 0. The Morgan fingerprint density at radius 1 is 1.00 bits per heavy atom. The Balaban J connectivity index is 1.54. The molecule has 1 aliphatic carbocycles. The fraction of sp³-hybridized carbons (Fsp3) is 0.600. The van der Waals surface area contributed by atoms with Gasteiger partial charge in [-0.1, -0.05) is 76.3 Å². The number of unbranched alkanes of at least 4 members (excludes halogenated alkanes) is 4. The number of benzene rings is 1. The first-order valence-electron chi connectivity index (χ1n) is 13.2. The number of aryl methyl sites for hydroxylation is 1. The zero-order chi connectivity index (χ0) is 23.5. The molecule has 1 fully saturated rings. The van der Waals surface area contributed by atoms with Gasteiger partial charge in [-0.2, -0.15) is 5.26 Å². The molecule has 0 spiro atoms. The number of aromatic nitrogens is 1. The van der Waals surface area contributed by atoms with Crippen molar-refractivity contribution in [2.75, 3.05) is 0 Å². The zero-order valence-electron chi connectivity index (χ0n) is 20.7. The van der Waals surface area contributed by atoms with Crippen molar-refractivity contribution < 1.29 is 4.39 Å². The molecule has 2 aromatic rings. The summed E-state index contributed by atoms with van der Waals surface area (Å²) in [5.74, 6) is 0.465. The standard InChI is InChI=1S/C30H41FN2/c1-3-5-7-8-9-24-11-16-29(33-22-24)27-14-12-25(13-15-27)26-17-19-30(23-32,20-18-26)21-28(31)10-6-4-2/h11-16,22,26,28H,3-10,17-21H2,1-2H3/t26-,28?,30+. The van der Waals surface area contributed by atoms with E-state index in [-0.39, 0.29) is 0 Å². The Morgan fingerprint density at radius 2 is 1.73 bits per heavy atom. The quantitative estimate of drug-likeness (QED) is 0.304. The molecule has 0 radical (unpaired) electrons. The lowest BCUT2D eigenvalue weighted by molar-refractivity contribution is 0.158. The van der Waals surface area contributed by atoms with Crippen LogP contribution in [-0.2, 0) is 6.42 Å². The Bertz CT molecular complexity index is 858. The average Bonchev–Trinajstić information content (AvgIpc) is 2.86. The zero-order valence-corrected chi connectivity index (χ0v) is 20.7. The molecule has 1 aromatic carbocycles. The van der Waals surface area contributed by atoms with Crippen molar-refractivity contribution in [3.63, 3.8) is 0 Å². The highest BCUT2D eigenvalue weighted by Gasteiger charge is 2.37. The molecule has 178 valence electrons. The molecule has 0 aliphatic heterocycles. The van der Waals surface area contributed by atoms with Crippen LogP contribution in [0.4, 0.5) is 4.39 Å². The van der Waals surface area contributed by atoms with Crippen LogP contribution in [0.5, 0.6) is 0 Å². The van der Waals surface area contributed by atoms with Gasteiger partial charge >= 0.3 is 0 Å². The monoisotopic (exact) mass is 448 g/mol. The minimum atomic E-state index is -0.837. The Kier molecular flexibility index (Phi) is 9.92. The first-order chi connectivity index (χ1) is 16.1. The molecule has 1 aliphatic rings. The van der Waals surface area contributed by atoms with Crippen LogP contribution in [0.1, 0.15) is 108 Å². The summed E-state index contributed by atoms with van der Waals surface area (Å²) in [4.78, 5) is 4.70. The Labute approximate surface area is 200 Å². The summed E-state index contributed by atoms with van der Waals surface area (Å²) in [7, 11) is 0. The number of hydrogen-bond acceptors (Lipinski definition) is 2. The predicted molar refractivity (Wildman–Crippen MR) is 136 cm³/mol. The van der Waals surface area contributed by atoms with Crippen LogP contribution in [0.3, 0.4) is 0 Å². The Morgan fingerprint density at radius 3 is 2.33 bits per heavy atom. The van der Waals surface area contributed by atoms with Gasteiger partial charge in [0.1, 0.15) is 6.17 Å². The molecule has 2 nitrogen and oxygen atoms in total. The minimum Gasteiger partial charge on any atom is -0.256 e. The van der Waals surface area contributed by atoms with Crippen LogP contribution < -0.4 is 0 Å². The van der Waals surface area contributed by atoms with E-state index in [4.69, 9.17) is 4.98 Å². The van der Waals surface area contributed by atoms with Crippen LogP contribution in [-0.4, -0.2) is 11.2 Å². The van der Waals surface area contributed by atoms with Gasteiger partial charge in [-0.3, -0.25) is 4.98 Å². The van der Waals surface area contributed by atoms with Crippen LogP contribution in [0.15, 0.2) is 42.6 Å². The molecular formula is C30H41FN2. The van der Waals surface area contributed by atoms with Gasteiger partial charge in [0.25, 0.3) is 0 Å². The number of nitriles is 1. The van der Waals surface area contributed by atoms with E-state index in [0.717, 1.165) is 56.2 Å². The highest BCUT2D eigenvalue weighted by atomic mass is 19.1. The van der Waals surface area contributed by atoms with Crippen molar-refractivity contribution in [3.05, 3.63) is 53.7 Å². The van der Waals surface area contributed by atoms with Gasteiger partial charge < -0.3 is 0 Å². The second-order valence-corrected chi connectivity index (χ2v) is 10.1. The number of rotatable bonds is 12. The molecule has 0 N–H and O–H groups in total. The molecular weight excluding hydrogens is 407 g/mol. The fourth-order valence-electron chi connectivity index (χ4n) is 5.24. The SMILES string of the molecule is CCCCCCc1ccc(-c2ccc([C@H]3CC[C@](C#N)(CC(F)CCCC)CC3)cc2)nc1. The van der Waals surface area contributed by atoms with Crippen molar-refractivity contribution in [1.82, 2.24) is 4.98 Å². The lowest BCUT2D eigenvalue weighted by atomic mass is 9.67. The molecule has 1 unspecified atom stereocenters. The predicted octanol–water partition coefficient (Wildman–Crippen LogP) is 8.96. The van der Waals surface area contributed by atoms with Crippen molar-refractivity contribution in [1.29, 1.82) is 5.26 Å². The third-order valence-corrected chi connectivity index (χ3v) is 7.48. The van der Waals surface area contributed by atoms with Gasteiger partial charge in [0.15, 0.2) is 0 Å². The normalized spacial score (nSPS) is 21.5. The van der Waals surface area contributed by atoms with E-state index in [2.05, 4.69) is 56.3 Å². The molecule has 1 atom stereocenters. The van der Waals surface area contributed by atoms with Crippen LogP contribution in [0.25, 0.3) is 11.3 Å². The van der Waals surface area contributed by atoms with Crippen molar-refractivity contribution in [3.8, 4) is 17.3 Å². The van der Waals surface area contributed by atoms with Crippen molar-refractivity contribution in [2.45, 2.75) is 109 Å². The first-order valence-corrected chi connectivity index (χ1v) is 13.2. The second kappa shape index (κ2) is 12.9. The van der Waals surface area contributed by atoms with Gasteiger partial charge in [0.05, 0.1) is 17.2 Å². The van der Waals surface area contributed by atoms with Gasteiger partial charge in [-0.25, -0.2) is 4.39 Å². The van der Waals surface area contributed by atoms with E-state index < -0.39 is 11.6 Å². The molecule has 0 bridgehead atoms. The smallest absolute Gasteiger partial charge is 0.102 e. The maximum absolute atomic E-state index is 14.4. The van der Waals surface area contributed by atoms with Gasteiger partial charge in [-0.15, -0.1) is 0 Å². The van der Waals surface area contributed by atoms with Gasteiger partial charge in [0, 0.05) is 11.8 Å². The largest absolute Gasteiger partial charge is 0.256 e. The number of halogens is 1. The van der Waals surface area contributed by atoms with Gasteiger partial charge in [-0.05, 0) is 74.5 Å².